The van der Waals surface area contributed by atoms with Crippen LogP contribution in [-0.2, 0) is 0 Å². The minimum absolute atomic E-state index is 0.0109. The quantitative estimate of drug-likeness (QED) is 0.510. The third-order valence-corrected chi connectivity index (χ3v) is 2.72. The summed E-state index contributed by atoms with van der Waals surface area (Å²) in [6.45, 7) is 1.79. The maximum absolute atomic E-state index is 11.0. The Morgan fingerprint density at radius 3 is 2.42 bits per heavy atom. The third kappa shape index (κ3) is 2.57. The molecule has 0 bridgehead atoms. The van der Waals surface area contributed by atoms with Crippen molar-refractivity contribution < 1.29 is 14.3 Å². The molecule has 1 aromatic carbocycles. The van der Waals surface area contributed by atoms with Gasteiger partial charge in [0.1, 0.15) is 0 Å². The molecule has 0 radical (unpaired) electrons. The molecular weight excluding hydrogens is 246 g/mol. The standard InChI is InChI=1S/C13H11N3O3/c1-9-2-3-11(12(8-9)16(18)19)15-6-4-10(5-7-15)13(14)17/h2-8H,1H3,(H-,14,17)/p+1. The van der Waals surface area contributed by atoms with Crippen molar-refractivity contribution in [2.75, 3.05) is 0 Å². The molecule has 0 saturated heterocycles. The van der Waals surface area contributed by atoms with E-state index in [2.05, 4.69) is 0 Å². The topological polar surface area (TPSA) is 90.1 Å². The highest BCUT2D eigenvalue weighted by Gasteiger charge is 2.22. The minimum Gasteiger partial charge on any atom is -0.366 e. The number of rotatable bonds is 3. The van der Waals surface area contributed by atoms with Crippen LogP contribution in [-0.4, -0.2) is 10.8 Å². The lowest BCUT2D eigenvalue weighted by atomic mass is 10.2. The first kappa shape index (κ1) is 12.7. The lowest BCUT2D eigenvalue weighted by molar-refractivity contribution is -0.600. The average molecular weight is 258 g/mol. The SMILES string of the molecule is Cc1ccc(-[n+]2ccc(C(N)=O)cc2)c([N+](=O)[O-])c1. The summed E-state index contributed by atoms with van der Waals surface area (Å²) in [7, 11) is 0. The number of nitro benzene ring substituents is 1. The number of nitrogens with zero attached hydrogens (tertiary/aromatic N) is 2. The number of benzene rings is 1. The Bertz CT molecular complexity index is 651. The average Bonchev–Trinajstić information content (AvgIpc) is 2.38. The highest BCUT2D eigenvalue weighted by molar-refractivity contribution is 5.92. The smallest absolute Gasteiger partial charge is 0.340 e. The number of carbonyl (C=O) groups is 1. The zero-order valence-corrected chi connectivity index (χ0v) is 10.2. The van der Waals surface area contributed by atoms with E-state index < -0.39 is 10.8 Å². The van der Waals surface area contributed by atoms with Gasteiger partial charge in [0, 0.05) is 24.3 Å². The zero-order valence-electron chi connectivity index (χ0n) is 10.2. The maximum Gasteiger partial charge on any atom is 0.340 e. The second-order valence-electron chi connectivity index (χ2n) is 4.11. The van der Waals surface area contributed by atoms with Gasteiger partial charge in [0.2, 0.25) is 5.91 Å². The van der Waals surface area contributed by atoms with Gasteiger partial charge in [-0.25, -0.2) is 0 Å². The van der Waals surface area contributed by atoms with Crippen molar-refractivity contribution in [2.24, 2.45) is 5.73 Å². The first-order valence-corrected chi connectivity index (χ1v) is 5.55. The van der Waals surface area contributed by atoms with Crippen LogP contribution in [0.1, 0.15) is 15.9 Å². The Morgan fingerprint density at radius 2 is 1.89 bits per heavy atom. The van der Waals surface area contributed by atoms with Gasteiger partial charge in [0.25, 0.3) is 5.69 Å². The molecule has 0 spiro atoms. The summed E-state index contributed by atoms with van der Waals surface area (Å²) < 4.78 is 1.57. The second kappa shape index (κ2) is 4.85. The van der Waals surface area contributed by atoms with Gasteiger partial charge in [-0.1, -0.05) is 6.07 Å². The molecule has 6 heteroatoms. The highest BCUT2D eigenvalue weighted by Crippen LogP contribution is 2.19. The first-order valence-electron chi connectivity index (χ1n) is 5.55. The van der Waals surface area contributed by atoms with Crippen molar-refractivity contribution in [3.63, 3.8) is 0 Å². The lowest BCUT2D eigenvalue weighted by Crippen LogP contribution is -2.31. The molecule has 0 fully saturated rings. The number of hydrogen-bond acceptors (Lipinski definition) is 3. The molecular formula is C13H12N3O3+. The van der Waals surface area contributed by atoms with E-state index in [-0.39, 0.29) is 5.69 Å². The number of primary amides is 1. The van der Waals surface area contributed by atoms with Crippen molar-refractivity contribution in [2.45, 2.75) is 6.92 Å². The van der Waals surface area contributed by atoms with Crippen LogP contribution in [0.5, 0.6) is 0 Å². The highest BCUT2D eigenvalue weighted by atomic mass is 16.6. The van der Waals surface area contributed by atoms with Gasteiger partial charge >= 0.3 is 5.69 Å². The van der Waals surface area contributed by atoms with E-state index in [0.29, 0.717) is 11.3 Å². The summed E-state index contributed by atoms with van der Waals surface area (Å²) >= 11 is 0. The maximum atomic E-state index is 11.0. The summed E-state index contributed by atoms with van der Waals surface area (Å²) in [5, 5.41) is 11.0. The second-order valence-corrected chi connectivity index (χ2v) is 4.11. The molecule has 1 aromatic heterocycles. The molecule has 0 aliphatic carbocycles. The Morgan fingerprint density at radius 1 is 1.26 bits per heavy atom. The van der Waals surface area contributed by atoms with Crippen LogP contribution in [0.4, 0.5) is 5.69 Å². The number of pyridine rings is 1. The molecule has 0 saturated carbocycles. The monoisotopic (exact) mass is 258 g/mol. The van der Waals surface area contributed by atoms with Crippen LogP contribution in [0.15, 0.2) is 42.7 Å². The predicted molar refractivity (Wildman–Crippen MR) is 67.9 cm³/mol. The number of hydrogen-bond donors (Lipinski definition) is 1. The third-order valence-electron chi connectivity index (χ3n) is 2.72. The van der Waals surface area contributed by atoms with E-state index in [1.807, 2.05) is 0 Å². The summed E-state index contributed by atoms with van der Waals surface area (Å²) in [6, 6.07) is 8.00. The number of nitro groups is 1. The van der Waals surface area contributed by atoms with Crippen molar-refractivity contribution >= 4 is 11.6 Å². The van der Waals surface area contributed by atoms with Crippen LogP contribution >= 0.6 is 0 Å². The number of amides is 1. The fourth-order valence-corrected chi connectivity index (χ4v) is 1.75. The van der Waals surface area contributed by atoms with E-state index in [1.165, 1.54) is 18.2 Å². The molecule has 0 aliphatic heterocycles. The van der Waals surface area contributed by atoms with Gasteiger partial charge in [0.15, 0.2) is 12.4 Å². The molecule has 19 heavy (non-hydrogen) atoms. The van der Waals surface area contributed by atoms with Gasteiger partial charge in [-0.3, -0.25) is 14.9 Å². The molecule has 0 atom stereocenters. The van der Waals surface area contributed by atoms with Crippen LogP contribution in [0.25, 0.3) is 5.69 Å². The normalized spacial score (nSPS) is 10.2. The molecule has 1 heterocycles. The molecule has 2 N–H and O–H groups in total. The van der Waals surface area contributed by atoms with Gasteiger partial charge < -0.3 is 5.73 Å². The van der Waals surface area contributed by atoms with E-state index in [4.69, 9.17) is 5.73 Å². The lowest BCUT2D eigenvalue weighted by Gasteiger charge is -1.99. The van der Waals surface area contributed by atoms with Gasteiger partial charge in [-0.15, -0.1) is 0 Å². The van der Waals surface area contributed by atoms with Crippen molar-refractivity contribution in [3.05, 3.63) is 64.0 Å². The van der Waals surface area contributed by atoms with Crippen LogP contribution < -0.4 is 10.3 Å². The van der Waals surface area contributed by atoms with Gasteiger partial charge in [0.05, 0.1) is 10.5 Å². The summed E-state index contributed by atoms with van der Waals surface area (Å²) in [5.41, 5.74) is 6.75. The Labute approximate surface area is 109 Å². The van der Waals surface area contributed by atoms with Gasteiger partial charge in [-0.2, -0.15) is 4.57 Å². The van der Waals surface area contributed by atoms with Crippen molar-refractivity contribution in [1.29, 1.82) is 0 Å². The van der Waals surface area contributed by atoms with E-state index in [1.54, 1.807) is 36.0 Å². The fourth-order valence-electron chi connectivity index (χ4n) is 1.75. The Balaban J connectivity index is 2.52. The number of aromatic nitrogens is 1. The largest absolute Gasteiger partial charge is 0.366 e. The number of carbonyl (C=O) groups excluding carboxylic acids is 1. The molecule has 2 aromatic rings. The van der Waals surface area contributed by atoms with Crippen molar-refractivity contribution in [3.8, 4) is 5.69 Å². The summed E-state index contributed by atoms with van der Waals surface area (Å²) in [6.07, 6.45) is 3.13. The van der Waals surface area contributed by atoms with Crippen LogP contribution in [0.2, 0.25) is 0 Å². The number of nitrogens with two attached hydrogens (primary N) is 1. The predicted octanol–water partition coefficient (Wildman–Crippen LogP) is 1.28. The summed E-state index contributed by atoms with van der Waals surface area (Å²) in [4.78, 5) is 21.6. The summed E-state index contributed by atoms with van der Waals surface area (Å²) in [5.74, 6) is -0.537. The van der Waals surface area contributed by atoms with Gasteiger partial charge in [-0.05, 0) is 12.5 Å². The molecule has 96 valence electrons. The Kier molecular flexibility index (Phi) is 3.24. The minimum atomic E-state index is -0.537. The zero-order chi connectivity index (χ0) is 14.0. The van der Waals surface area contributed by atoms with Crippen LogP contribution in [0.3, 0.4) is 0 Å². The van der Waals surface area contributed by atoms with E-state index >= 15 is 0 Å². The molecule has 0 aliphatic rings. The molecule has 2 rings (SSSR count). The molecule has 6 nitrogen and oxygen atoms in total. The molecule has 0 unspecified atom stereocenters. The Hall–Kier alpha value is -2.76. The van der Waals surface area contributed by atoms with E-state index in [9.17, 15) is 14.9 Å². The fraction of sp³-hybridized carbons (Fsp3) is 0.0769. The molecule has 1 amide bonds. The number of aryl methyl sites for hydroxylation is 1. The van der Waals surface area contributed by atoms with E-state index in [0.717, 1.165) is 5.56 Å². The van der Waals surface area contributed by atoms with Crippen molar-refractivity contribution in [1.82, 2.24) is 0 Å². The first-order chi connectivity index (χ1) is 8.99. The van der Waals surface area contributed by atoms with Crippen LogP contribution in [0, 0.1) is 17.0 Å².